The number of benzene rings is 3. The summed E-state index contributed by atoms with van der Waals surface area (Å²) in [7, 11) is 0. The zero-order valence-corrected chi connectivity index (χ0v) is 13.4. The summed E-state index contributed by atoms with van der Waals surface area (Å²) in [5.41, 5.74) is 5.94. The first-order chi connectivity index (χ1) is 11.8. The summed E-state index contributed by atoms with van der Waals surface area (Å²) in [5.74, 6) is 0. The van der Waals surface area contributed by atoms with Gasteiger partial charge in [-0.1, -0.05) is 66.7 Å². The van der Waals surface area contributed by atoms with E-state index in [1.807, 2.05) is 12.1 Å². The molecule has 0 spiro atoms. The molecule has 1 aliphatic heterocycles. The number of hydrogen-bond acceptors (Lipinski definition) is 2. The normalized spacial score (nSPS) is 13.7. The highest BCUT2D eigenvalue weighted by molar-refractivity contribution is 5.41. The molecule has 24 heavy (non-hydrogen) atoms. The van der Waals surface area contributed by atoms with Crippen LogP contribution in [0.5, 0.6) is 0 Å². The van der Waals surface area contributed by atoms with Crippen LogP contribution >= 0.6 is 0 Å². The van der Waals surface area contributed by atoms with Crippen LogP contribution in [0.4, 0.5) is 0 Å². The Hall–Kier alpha value is -2.89. The van der Waals surface area contributed by atoms with Crippen molar-refractivity contribution in [3.05, 3.63) is 107 Å². The van der Waals surface area contributed by atoms with Crippen molar-refractivity contribution in [3.8, 4) is 6.07 Å². The summed E-state index contributed by atoms with van der Waals surface area (Å²) in [4.78, 5) is 2.48. The first kappa shape index (κ1) is 14.7. The molecule has 3 aromatic rings. The van der Waals surface area contributed by atoms with Crippen LogP contribution in [0.1, 0.15) is 33.9 Å². The molecule has 0 N–H and O–H groups in total. The highest BCUT2D eigenvalue weighted by Crippen LogP contribution is 2.35. The highest BCUT2D eigenvalue weighted by Gasteiger charge is 2.28. The summed E-state index contributed by atoms with van der Waals surface area (Å²) < 4.78 is 0. The molecule has 0 bridgehead atoms. The van der Waals surface area contributed by atoms with E-state index in [1.54, 1.807) is 0 Å². The van der Waals surface area contributed by atoms with Gasteiger partial charge in [0.05, 0.1) is 17.7 Å². The second-order valence-electron chi connectivity index (χ2n) is 6.22. The minimum Gasteiger partial charge on any atom is -0.284 e. The fraction of sp³-hybridized carbons (Fsp3) is 0.136. The standard InChI is InChI=1S/C22H18N2/c23-14-17-11-12-20-15-24(16-21(20)13-17)22(18-7-3-1-4-8-18)19-9-5-2-6-10-19/h1-13,22H,15-16H2. The van der Waals surface area contributed by atoms with E-state index >= 15 is 0 Å². The number of hydrogen-bond donors (Lipinski definition) is 0. The maximum absolute atomic E-state index is 9.14. The van der Waals surface area contributed by atoms with Gasteiger partial charge in [0.2, 0.25) is 0 Å². The van der Waals surface area contributed by atoms with E-state index in [9.17, 15) is 0 Å². The van der Waals surface area contributed by atoms with Crippen molar-refractivity contribution in [2.24, 2.45) is 0 Å². The topological polar surface area (TPSA) is 27.0 Å². The van der Waals surface area contributed by atoms with Gasteiger partial charge in [-0.05, 0) is 34.4 Å². The van der Waals surface area contributed by atoms with Crippen LogP contribution in [-0.4, -0.2) is 4.90 Å². The smallest absolute Gasteiger partial charge is 0.0991 e. The van der Waals surface area contributed by atoms with Gasteiger partial charge in [-0.3, -0.25) is 4.90 Å². The molecule has 0 aliphatic carbocycles. The van der Waals surface area contributed by atoms with Crippen molar-refractivity contribution in [1.29, 1.82) is 5.26 Å². The van der Waals surface area contributed by atoms with Gasteiger partial charge in [-0.25, -0.2) is 0 Å². The highest BCUT2D eigenvalue weighted by atomic mass is 15.2. The molecule has 116 valence electrons. The summed E-state index contributed by atoms with van der Waals surface area (Å²) >= 11 is 0. The molecule has 0 unspecified atom stereocenters. The lowest BCUT2D eigenvalue weighted by Crippen LogP contribution is -2.24. The van der Waals surface area contributed by atoms with Crippen LogP contribution in [0.3, 0.4) is 0 Å². The van der Waals surface area contributed by atoms with Gasteiger partial charge in [-0.2, -0.15) is 5.26 Å². The fourth-order valence-electron chi connectivity index (χ4n) is 3.56. The number of rotatable bonds is 3. The molecule has 1 heterocycles. The van der Waals surface area contributed by atoms with Gasteiger partial charge < -0.3 is 0 Å². The molecule has 2 nitrogen and oxygen atoms in total. The molecule has 2 heteroatoms. The Kier molecular flexibility index (Phi) is 3.86. The molecular formula is C22H18N2. The summed E-state index contributed by atoms with van der Waals surface area (Å²) in [6.07, 6.45) is 0. The lowest BCUT2D eigenvalue weighted by Gasteiger charge is -2.28. The van der Waals surface area contributed by atoms with E-state index < -0.39 is 0 Å². The Bertz CT molecular complexity index is 839. The summed E-state index contributed by atoms with van der Waals surface area (Å²) in [6.45, 7) is 1.79. The molecule has 3 aromatic carbocycles. The number of fused-ring (bicyclic) bond motifs is 1. The third-order valence-corrected chi connectivity index (χ3v) is 4.68. The molecule has 0 saturated carbocycles. The van der Waals surface area contributed by atoms with Crippen molar-refractivity contribution in [2.75, 3.05) is 0 Å². The lowest BCUT2D eigenvalue weighted by atomic mass is 9.97. The van der Waals surface area contributed by atoms with Gasteiger partial charge in [0, 0.05) is 13.1 Å². The van der Waals surface area contributed by atoms with Crippen LogP contribution in [0.25, 0.3) is 0 Å². The third-order valence-electron chi connectivity index (χ3n) is 4.68. The predicted octanol–water partition coefficient (Wildman–Crippen LogP) is 4.66. The Morgan fingerprint density at radius 1 is 0.750 bits per heavy atom. The molecule has 0 atom stereocenters. The lowest BCUT2D eigenvalue weighted by molar-refractivity contribution is 0.231. The molecule has 0 amide bonds. The maximum Gasteiger partial charge on any atom is 0.0991 e. The van der Waals surface area contributed by atoms with E-state index in [-0.39, 0.29) is 6.04 Å². The van der Waals surface area contributed by atoms with Crippen molar-refractivity contribution >= 4 is 0 Å². The third kappa shape index (κ3) is 2.71. The first-order valence-electron chi connectivity index (χ1n) is 8.21. The maximum atomic E-state index is 9.14. The Labute approximate surface area is 142 Å². The zero-order chi connectivity index (χ0) is 16.4. The summed E-state index contributed by atoms with van der Waals surface area (Å²) in [5, 5.41) is 9.14. The van der Waals surface area contributed by atoms with Crippen molar-refractivity contribution in [2.45, 2.75) is 19.1 Å². The molecule has 0 radical (unpaired) electrons. The second-order valence-corrected chi connectivity index (χ2v) is 6.22. The average molecular weight is 310 g/mol. The second kappa shape index (κ2) is 6.31. The average Bonchev–Trinajstić information content (AvgIpc) is 3.06. The largest absolute Gasteiger partial charge is 0.284 e. The van der Waals surface area contributed by atoms with Crippen LogP contribution in [0.15, 0.2) is 78.9 Å². The van der Waals surface area contributed by atoms with Gasteiger partial charge >= 0.3 is 0 Å². The molecule has 0 fully saturated rings. The Balaban J connectivity index is 1.72. The van der Waals surface area contributed by atoms with Gasteiger partial charge in [0.15, 0.2) is 0 Å². The van der Waals surface area contributed by atoms with E-state index in [2.05, 4.69) is 77.7 Å². The summed E-state index contributed by atoms with van der Waals surface area (Å²) in [6, 6.07) is 29.8. The first-order valence-corrected chi connectivity index (χ1v) is 8.21. The predicted molar refractivity (Wildman–Crippen MR) is 95.1 cm³/mol. The quantitative estimate of drug-likeness (QED) is 0.703. The van der Waals surface area contributed by atoms with Gasteiger partial charge in [-0.15, -0.1) is 0 Å². The van der Waals surface area contributed by atoms with E-state index in [1.165, 1.54) is 22.3 Å². The molecule has 1 aliphatic rings. The fourth-order valence-corrected chi connectivity index (χ4v) is 3.56. The van der Waals surface area contributed by atoms with E-state index in [4.69, 9.17) is 5.26 Å². The molecule has 4 rings (SSSR count). The van der Waals surface area contributed by atoms with Gasteiger partial charge in [0.25, 0.3) is 0 Å². The van der Waals surface area contributed by atoms with E-state index in [0.717, 1.165) is 18.7 Å². The van der Waals surface area contributed by atoms with Crippen LogP contribution in [-0.2, 0) is 13.1 Å². The minimum atomic E-state index is 0.227. The number of nitriles is 1. The number of nitrogens with zero attached hydrogens (tertiary/aromatic N) is 2. The Morgan fingerprint density at radius 3 is 1.92 bits per heavy atom. The molecule has 0 aromatic heterocycles. The minimum absolute atomic E-state index is 0.227. The van der Waals surface area contributed by atoms with E-state index in [0.29, 0.717) is 0 Å². The Morgan fingerprint density at radius 2 is 1.33 bits per heavy atom. The molecule has 0 saturated heterocycles. The zero-order valence-electron chi connectivity index (χ0n) is 13.4. The van der Waals surface area contributed by atoms with Crippen molar-refractivity contribution in [1.82, 2.24) is 4.90 Å². The van der Waals surface area contributed by atoms with Crippen LogP contribution in [0, 0.1) is 11.3 Å². The van der Waals surface area contributed by atoms with Crippen molar-refractivity contribution in [3.63, 3.8) is 0 Å². The van der Waals surface area contributed by atoms with Crippen LogP contribution in [0.2, 0.25) is 0 Å². The van der Waals surface area contributed by atoms with Gasteiger partial charge in [0.1, 0.15) is 0 Å². The molecular weight excluding hydrogens is 292 g/mol. The van der Waals surface area contributed by atoms with Crippen molar-refractivity contribution < 1.29 is 0 Å². The SMILES string of the molecule is N#Cc1ccc2c(c1)CN(C(c1ccccc1)c1ccccc1)C2. The van der Waals surface area contributed by atoms with Crippen LogP contribution < -0.4 is 0 Å². The monoisotopic (exact) mass is 310 g/mol.